The van der Waals surface area contributed by atoms with Crippen LogP contribution in [0.2, 0.25) is 0 Å². The van der Waals surface area contributed by atoms with Gasteiger partial charge in [0, 0.05) is 13.1 Å². The summed E-state index contributed by atoms with van der Waals surface area (Å²) in [5.41, 5.74) is 3.30. The van der Waals surface area contributed by atoms with E-state index in [2.05, 4.69) is 20.7 Å². The van der Waals surface area contributed by atoms with Gasteiger partial charge in [0.25, 0.3) is 5.91 Å². The molecule has 7 nitrogen and oxygen atoms in total. The first-order valence-electron chi connectivity index (χ1n) is 8.11. The lowest BCUT2D eigenvalue weighted by Gasteiger charge is -2.14. The number of hydrogen-bond acceptors (Lipinski definition) is 4. The van der Waals surface area contributed by atoms with Crippen molar-refractivity contribution in [1.29, 1.82) is 0 Å². The molecule has 0 atom stereocenters. The summed E-state index contributed by atoms with van der Waals surface area (Å²) in [5, 5.41) is 13.0. The third kappa shape index (κ3) is 3.29. The molecule has 0 unspecified atom stereocenters. The molecule has 2 amide bonds. The number of likely N-dealkylation sites (tertiary alicyclic amines) is 1. The van der Waals surface area contributed by atoms with E-state index in [1.54, 1.807) is 4.90 Å². The van der Waals surface area contributed by atoms with Crippen LogP contribution in [0, 0.1) is 13.8 Å². The molecule has 3 rings (SSSR count). The molecule has 0 radical (unpaired) electrons. The highest BCUT2D eigenvalue weighted by atomic mass is 16.2. The number of anilines is 1. The van der Waals surface area contributed by atoms with Crippen LogP contribution in [-0.4, -0.2) is 45.2 Å². The van der Waals surface area contributed by atoms with Crippen molar-refractivity contribution in [1.82, 2.24) is 20.3 Å². The van der Waals surface area contributed by atoms with E-state index in [4.69, 9.17) is 0 Å². The van der Waals surface area contributed by atoms with Gasteiger partial charge in [-0.3, -0.25) is 9.59 Å². The van der Waals surface area contributed by atoms with Gasteiger partial charge in [-0.25, -0.2) is 0 Å². The maximum absolute atomic E-state index is 12.4. The number of amides is 2. The van der Waals surface area contributed by atoms with Gasteiger partial charge in [0.05, 0.1) is 6.42 Å². The van der Waals surface area contributed by atoms with Crippen LogP contribution in [0.1, 0.15) is 40.0 Å². The monoisotopic (exact) mass is 327 g/mol. The molecule has 1 aromatic heterocycles. The number of carbonyl (C=O) groups is 2. The van der Waals surface area contributed by atoms with E-state index in [-0.39, 0.29) is 29.7 Å². The Balaban J connectivity index is 1.71. The van der Waals surface area contributed by atoms with Crippen LogP contribution >= 0.6 is 0 Å². The minimum atomic E-state index is -0.211. The van der Waals surface area contributed by atoms with Gasteiger partial charge in [0.2, 0.25) is 5.91 Å². The quantitative estimate of drug-likeness (QED) is 0.896. The summed E-state index contributed by atoms with van der Waals surface area (Å²) in [6.07, 6.45) is 2.23. The van der Waals surface area contributed by atoms with Crippen molar-refractivity contribution >= 4 is 17.6 Å². The molecule has 0 saturated carbocycles. The van der Waals surface area contributed by atoms with Gasteiger partial charge in [-0.2, -0.15) is 5.21 Å². The highest BCUT2D eigenvalue weighted by molar-refractivity contribution is 6.01. The highest BCUT2D eigenvalue weighted by Gasteiger charge is 2.25. The Morgan fingerprint density at radius 3 is 2.50 bits per heavy atom. The minimum Gasteiger partial charge on any atom is -0.337 e. The number of aryl methyl sites for hydroxylation is 2. The molecule has 1 aromatic carbocycles. The third-order valence-corrected chi connectivity index (χ3v) is 4.38. The summed E-state index contributed by atoms with van der Waals surface area (Å²) >= 11 is 0. The molecule has 0 bridgehead atoms. The van der Waals surface area contributed by atoms with Crippen molar-refractivity contribution in [3.8, 4) is 0 Å². The summed E-state index contributed by atoms with van der Waals surface area (Å²) in [5.74, 6) is -0.205. The summed E-state index contributed by atoms with van der Waals surface area (Å²) in [6.45, 7) is 5.41. The summed E-state index contributed by atoms with van der Waals surface area (Å²) in [4.78, 5) is 26.5. The predicted octanol–water partition coefficient (Wildman–Crippen LogP) is 1.84. The fraction of sp³-hybridized carbons (Fsp3) is 0.412. The Hall–Kier alpha value is -2.70. The topological polar surface area (TPSA) is 91.0 Å². The van der Waals surface area contributed by atoms with Crippen LogP contribution in [0.3, 0.4) is 0 Å². The van der Waals surface area contributed by atoms with E-state index in [1.165, 1.54) is 0 Å². The maximum Gasteiger partial charge on any atom is 0.278 e. The van der Waals surface area contributed by atoms with Gasteiger partial charge in [-0.05, 0) is 43.4 Å². The summed E-state index contributed by atoms with van der Waals surface area (Å²) in [7, 11) is 0. The molecule has 1 aliphatic rings. The normalized spacial score (nSPS) is 14.0. The van der Waals surface area contributed by atoms with Crippen molar-refractivity contribution in [2.45, 2.75) is 33.1 Å². The molecule has 2 heterocycles. The van der Waals surface area contributed by atoms with Crippen LogP contribution < -0.4 is 5.32 Å². The SMILES string of the molecule is Cc1cccc(C)c1CC(=O)Nc1n[nH]nc1C(=O)N1CCCC1. The first kappa shape index (κ1) is 16.2. The van der Waals surface area contributed by atoms with E-state index in [0.29, 0.717) is 0 Å². The standard InChI is InChI=1S/C17H21N5O2/c1-11-6-5-7-12(2)13(11)10-14(23)18-16-15(19-21-20-16)17(24)22-8-3-4-9-22/h5-7H,3-4,8-10H2,1-2H3,(H2,18,19,20,21,23). The highest BCUT2D eigenvalue weighted by Crippen LogP contribution is 2.18. The van der Waals surface area contributed by atoms with Crippen molar-refractivity contribution in [2.75, 3.05) is 18.4 Å². The molecule has 7 heteroatoms. The van der Waals surface area contributed by atoms with Crippen molar-refractivity contribution in [2.24, 2.45) is 0 Å². The van der Waals surface area contributed by atoms with E-state index in [9.17, 15) is 9.59 Å². The van der Waals surface area contributed by atoms with Gasteiger partial charge in [-0.1, -0.05) is 18.2 Å². The number of benzene rings is 1. The smallest absolute Gasteiger partial charge is 0.278 e. The predicted molar refractivity (Wildman–Crippen MR) is 89.8 cm³/mol. The van der Waals surface area contributed by atoms with Gasteiger partial charge in [-0.15, -0.1) is 10.2 Å². The van der Waals surface area contributed by atoms with E-state index in [1.807, 2.05) is 32.0 Å². The van der Waals surface area contributed by atoms with Crippen LogP contribution in [0.25, 0.3) is 0 Å². The molecule has 0 spiro atoms. The van der Waals surface area contributed by atoms with Crippen LogP contribution in [0.4, 0.5) is 5.82 Å². The van der Waals surface area contributed by atoms with E-state index in [0.717, 1.165) is 42.6 Å². The number of hydrogen-bond donors (Lipinski definition) is 2. The second-order valence-electron chi connectivity index (χ2n) is 6.12. The number of H-pyrrole nitrogens is 1. The lowest BCUT2D eigenvalue weighted by Crippen LogP contribution is -2.29. The van der Waals surface area contributed by atoms with Crippen molar-refractivity contribution in [3.63, 3.8) is 0 Å². The van der Waals surface area contributed by atoms with E-state index < -0.39 is 0 Å². The Morgan fingerprint density at radius 1 is 1.17 bits per heavy atom. The minimum absolute atomic E-state index is 0.173. The van der Waals surface area contributed by atoms with Crippen LogP contribution in [0.5, 0.6) is 0 Å². The first-order chi connectivity index (χ1) is 11.6. The lowest BCUT2D eigenvalue weighted by molar-refractivity contribution is -0.115. The number of nitrogens with one attached hydrogen (secondary N) is 2. The molecule has 1 fully saturated rings. The van der Waals surface area contributed by atoms with Crippen LogP contribution in [-0.2, 0) is 11.2 Å². The van der Waals surface area contributed by atoms with E-state index >= 15 is 0 Å². The zero-order valence-electron chi connectivity index (χ0n) is 13.9. The molecule has 126 valence electrons. The first-order valence-corrected chi connectivity index (χ1v) is 8.11. The maximum atomic E-state index is 12.4. The summed E-state index contributed by atoms with van der Waals surface area (Å²) < 4.78 is 0. The second-order valence-corrected chi connectivity index (χ2v) is 6.12. The fourth-order valence-electron chi connectivity index (χ4n) is 3.00. The zero-order chi connectivity index (χ0) is 17.1. The Morgan fingerprint density at radius 2 is 1.83 bits per heavy atom. The molecular weight excluding hydrogens is 306 g/mol. The molecular formula is C17H21N5O2. The van der Waals surface area contributed by atoms with Gasteiger partial charge < -0.3 is 10.2 Å². The van der Waals surface area contributed by atoms with Gasteiger partial charge in [0.1, 0.15) is 0 Å². The number of aromatic amines is 1. The van der Waals surface area contributed by atoms with Gasteiger partial charge in [0.15, 0.2) is 11.5 Å². The Bertz CT molecular complexity index is 742. The third-order valence-electron chi connectivity index (χ3n) is 4.38. The number of nitrogens with zero attached hydrogens (tertiary/aromatic N) is 3. The second kappa shape index (κ2) is 6.82. The van der Waals surface area contributed by atoms with Crippen molar-refractivity contribution < 1.29 is 9.59 Å². The largest absolute Gasteiger partial charge is 0.337 e. The van der Waals surface area contributed by atoms with Crippen molar-refractivity contribution in [3.05, 3.63) is 40.6 Å². The number of aromatic nitrogens is 3. The summed E-state index contributed by atoms with van der Waals surface area (Å²) in [6, 6.07) is 5.93. The molecule has 1 saturated heterocycles. The van der Waals surface area contributed by atoms with Crippen LogP contribution in [0.15, 0.2) is 18.2 Å². The molecule has 1 aliphatic heterocycles. The Kier molecular flexibility index (Phi) is 4.59. The molecule has 2 N–H and O–H groups in total. The van der Waals surface area contributed by atoms with Gasteiger partial charge >= 0.3 is 0 Å². The lowest BCUT2D eigenvalue weighted by atomic mass is 10.00. The zero-order valence-corrected chi connectivity index (χ0v) is 13.9. The number of rotatable bonds is 4. The fourth-order valence-corrected chi connectivity index (χ4v) is 3.00. The molecule has 0 aliphatic carbocycles. The molecule has 2 aromatic rings. The number of carbonyl (C=O) groups excluding carboxylic acids is 2. The average molecular weight is 327 g/mol. The molecule has 24 heavy (non-hydrogen) atoms. The Labute approximate surface area is 140 Å². The average Bonchev–Trinajstić information content (AvgIpc) is 3.22.